The van der Waals surface area contributed by atoms with E-state index in [2.05, 4.69) is 113 Å². The zero-order valence-electron chi connectivity index (χ0n) is 17.3. The molecule has 0 saturated carbocycles. The highest BCUT2D eigenvalue weighted by atomic mass is 15.1. The van der Waals surface area contributed by atoms with Crippen molar-refractivity contribution in [3.8, 4) is 17.1 Å². The van der Waals surface area contributed by atoms with Crippen molar-refractivity contribution in [3.05, 3.63) is 109 Å². The first-order valence-electron chi connectivity index (χ1n) is 10.8. The molecule has 7 aromatic rings. The summed E-state index contributed by atoms with van der Waals surface area (Å²) in [6.45, 7) is 0. The lowest BCUT2D eigenvalue weighted by Crippen LogP contribution is -1.97. The normalized spacial score (nSPS) is 11.8. The highest BCUT2D eigenvalue weighted by Gasteiger charge is 2.18. The number of para-hydroxylation sites is 2. The van der Waals surface area contributed by atoms with Crippen molar-refractivity contribution in [1.82, 2.24) is 14.5 Å². The van der Waals surface area contributed by atoms with Gasteiger partial charge in [0.25, 0.3) is 0 Å². The van der Waals surface area contributed by atoms with Crippen LogP contribution in [0.1, 0.15) is 0 Å². The SMILES string of the molecule is c1ccc(-c2nc3ccc4c(ccc5[nH]c6ccccc6c54)c3n2-c2ccccc2)cc1. The molecule has 2 heterocycles. The van der Waals surface area contributed by atoms with Gasteiger partial charge in [-0.05, 0) is 35.7 Å². The van der Waals surface area contributed by atoms with Gasteiger partial charge in [-0.25, -0.2) is 4.98 Å². The van der Waals surface area contributed by atoms with Crippen LogP contribution in [-0.2, 0) is 0 Å². The number of H-pyrrole nitrogens is 1. The minimum absolute atomic E-state index is 0.957. The Morgan fingerprint density at radius 2 is 1.28 bits per heavy atom. The average molecular weight is 409 g/mol. The molecule has 0 saturated heterocycles. The lowest BCUT2D eigenvalue weighted by molar-refractivity contribution is 1.11. The van der Waals surface area contributed by atoms with E-state index in [1.165, 1.54) is 21.5 Å². The molecule has 0 bridgehead atoms. The van der Waals surface area contributed by atoms with Gasteiger partial charge in [-0.2, -0.15) is 0 Å². The standard InChI is InChI=1S/C29H19N3/c1-3-9-19(10-4-1)29-31-26-18-15-21-22(28(26)32(29)20-11-5-2-6-12-20)16-17-25-27(21)23-13-7-8-14-24(23)30-25/h1-18,30H. The van der Waals surface area contributed by atoms with Crippen LogP contribution >= 0.6 is 0 Å². The third-order valence-electron chi connectivity index (χ3n) is 6.33. The molecule has 2 aromatic heterocycles. The summed E-state index contributed by atoms with van der Waals surface area (Å²) in [6, 6.07) is 38.3. The fraction of sp³-hybridized carbons (Fsp3) is 0. The molecule has 150 valence electrons. The smallest absolute Gasteiger partial charge is 0.145 e. The largest absolute Gasteiger partial charge is 0.354 e. The van der Waals surface area contributed by atoms with Crippen LogP contribution in [-0.4, -0.2) is 14.5 Å². The summed E-state index contributed by atoms with van der Waals surface area (Å²) in [7, 11) is 0. The van der Waals surface area contributed by atoms with Crippen LogP contribution in [0.5, 0.6) is 0 Å². The second-order valence-corrected chi connectivity index (χ2v) is 8.16. The average Bonchev–Trinajstić information content (AvgIpc) is 3.44. The molecule has 1 N–H and O–H groups in total. The second-order valence-electron chi connectivity index (χ2n) is 8.16. The summed E-state index contributed by atoms with van der Waals surface area (Å²) in [5, 5.41) is 4.96. The van der Waals surface area contributed by atoms with Crippen molar-refractivity contribution in [3.63, 3.8) is 0 Å². The van der Waals surface area contributed by atoms with E-state index in [0.717, 1.165) is 39.1 Å². The summed E-state index contributed by atoms with van der Waals surface area (Å²) in [6.07, 6.45) is 0. The molecular formula is C29H19N3. The van der Waals surface area contributed by atoms with Crippen molar-refractivity contribution in [2.75, 3.05) is 0 Å². The van der Waals surface area contributed by atoms with E-state index in [0.29, 0.717) is 0 Å². The highest BCUT2D eigenvalue weighted by Crippen LogP contribution is 2.38. The molecule has 7 rings (SSSR count). The predicted octanol–water partition coefficient (Wildman–Crippen LogP) is 7.48. The number of fused-ring (bicyclic) bond motifs is 7. The van der Waals surface area contributed by atoms with Gasteiger partial charge in [0.1, 0.15) is 5.82 Å². The molecular weight excluding hydrogens is 390 g/mol. The van der Waals surface area contributed by atoms with Crippen molar-refractivity contribution in [2.24, 2.45) is 0 Å². The summed E-state index contributed by atoms with van der Waals surface area (Å²) in [5.74, 6) is 0.957. The van der Waals surface area contributed by atoms with Gasteiger partial charge in [0, 0.05) is 38.4 Å². The van der Waals surface area contributed by atoms with E-state index in [-0.39, 0.29) is 0 Å². The summed E-state index contributed by atoms with van der Waals surface area (Å²) >= 11 is 0. The Morgan fingerprint density at radius 1 is 0.562 bits per heavy atom. The highest BCUT2D eigenvalue weighted by molar-refractivity contribution is 6.24. The molecule has 0 aliphatic carbocycles. The van der Waals surface area contributed by atoms with Crippen LogP contribution in [0.3, 0.4) is 0 Å². The van der Waals surface area contributed by atoms with Gasteiger partial charge in [0.05, 0.1) is 11.0 Å². The quantitative estimate of drug-likeness (QED) is 0.315. The Labute approximate surface area is 184 Å². The Morgan fingerprint density at radius 3 is 2.12 bits per heavy atom. The summed E-state index contributed by atoms with van der Waals surface area (Å²) in [5.41, 5.74) is 6.68. The number of aromatic amines is 1. The van der Waals surface area contributed by atoms with Crippen LogP contribution < -0.4 is 0 Å². The van der Waals surface area contributed by atoms with Crippen molar-refractivity contribution < 1.29 is 0 Å². The molecule has 0 radical (unpaired) electrons. The third kappa shape index (κ3) is 2.39. The molecule has 0 fully saturated rings. The molecule has 3 nitrogen and oxygen atoms in total. The summed E-state index contributed by atoms with van der Waals surface area (Å²) < 4.78 is 2.30. The maximum atomic E-state index is 5.09. The third-order valence-corrected chi connectivity index (χ3v) is 6.33. The molecule has 5 aromatic carbocycles. The number of hydrogen-bond donors (Lipinski definition) is 1. The van der Waals surface area contributed by atoms with E-state index in [1.807, 2.05) is 6.07 Å². The van der Waals surface area contributed by atoms with Gasteiger partial charge in [-0.15, -0.1) is 0 Å². The zero-order chi connectivity index (χ0) is 21.1. The van der Waals surface area contributed by atoms with E-state index in [4.69, 9.17) is 4.98 Å². The van der Waals surface area contributed by atoms with Crippen LogP contribution in [0.25, 0.3) is 60.7 Å². The Hall–Kier alpha value is -4.37. The van der Waals surface area contributed by atoms with Crippen LogP contribution in [0, 0.1) is 0 Å². The van der Waals surface area contributed by atoms with E-state index < -0.39 is 0 Å². The topological polar surface area (TPSA) is 33.6 Å². The Kier molecular flexibility index (Phi) is 3.55. The van der Waals surface area contributed by atoms with Crippen LogP contribution in [0.15, 0.2) is 109 Å². The molecule has 0 aliphatic rings. The number of rotatable bonds is 2. The number of benzene rings is 5. The van der Waals surface area contributed by atoms with Crippen LogP contribution in [0.2, 0.25) is 0 Å². The van der Waals surface area contributed by atoms with Crippen molar-refractivity contribution in [2.45, 2.75) is 0 Å². The Bertz CT molecular complexity index is 1760. The molecule has 0 spiro atoms. The van der Waals surface area contributed by atoms with Gasteiger partial charge in [-0.3, -0.25) is 4.57 Å². The minimum Gasteiger partial charge on any atom is -0.354 e. The predicted molar refractivity (Wildman–Crippen MR) is 133 cm³/mol. The molecule has 32 heavy (non-hydrogen) atoms. The maximum absolute atomic E-state index is 5.09. The Balaban J connectivity index is 1.68. The number of aromatic nitrogens is 3. The van der Waals surface area contributed by atoms with Gasteiger partial charge in [0.2, 0.25) is 0 Å². The van der Waals surface area contributed by atoms with E-state index >= 15 is 0 Å². The zero-order valence-corrected chi connectivity index (χ0v) is 17.3. The fourth-order valence-corrected chi connectivity index (χ4v) is 4.93. The van der Waals surface area contributed by atoms with Crippen molar-refractivity contribution in [1.29, 1.82) is 0 Å². The van der Waals surface area contributed by atoms with Crippen molar-refractivity contribution >= 4 is 43.6 Å². The first-order valence-corrected chi connectivity index (χ1v) is 10.8. The molecule has 0 unspecified atom stereocenters. The maximum Gasteiger partial charge on any atom is 0.145 e. The second kappa shape index (κ2) is 6.56. The van der Waals surface area contributed by atoms with E-state index in [1.54, 1.807) is 0 Å². The lowest BCUT2D eigenvalue weighted by atomic mass is 10.0. The van der Waals surface area contributed by atoms with Gasteiger partial charge in [-0.1, -0.05) is 78.9 Å². The van der Waals surface area contributed by atoms with E-state index in [9.17, 15) is 0 Å². The number of nitrogens with zero attached hydrogens (tertiary/aromatic N) is 2. The fourth-order valence-electron chi connectivity index (χ4n) is 4.93. The molecule has 0 atom stereocenters. The van der Waals surface area contributed by atoms with Gasteiger partial charge < -0.3 is 4.98 Å². The molecule has 3 heteroatoms. The number of imidazole rings is 1. The van der Waals surface area contributed by atoms with Gasteiger partial charge in [0.15, 0.2) is 0 Å². The van der Waals surface area contributed by atoms with Crippen LogP contribution in [0.4, 0.5) is 0 Å². The number of hydrogen-bond acceptors (Lipinski definition) is 1. The minimum atomic E-state index is 0.957. The first-order chi connectivity index (χ1) is 15.9. The number of nitrogens with one attached hydrogen (secondary N) is 1. The molecule has 0 aliphatic heterocycles. The first kappa shape index (κ1) is 17.3. The summed E-state index contributed by atoms with van der Waals surface area (Å²) in [4.78, 5) is 8.67. The van der Waals surface area contributed by atoms with Gasteiger partial charge >= 0.3 is 0 Å². The molecule has 0 amide bonds. The lowest BCUT2D eigenvalue weighted by Gasteiger charge is -2.11. The monoisotopic (exact) mass is 409 g/mol.